The third-order valence-corrected chi connectivity index (χ3v) is 4.19. The molecule has 1 aliphatic rings. The third kappa shape index (κ3) is 2.41. The number of ketones is 2. The van der Waals surface area contributed by atoms with E-state index in [1.54, 1.807) is 12.1 Å². The number of aromatic hydroxyl groups is 1. The van der Waals surface area contributed by atoms with E-state index < -0.39 is 37.9 Å². The summed E-state index contributed by atoms with van der Waals surface area (Å²) in [6.45, 7) is 0. The first-order valence-electron chi connectivity index (χ1n) is 5.84. The maximum Gasteiger partial charge on any atom is 1.00 e. The molecule has 2 aromatic carbocycles. The first kappa shape index (κ1) is 16.9. The zero-order valence-corrected chi connectivity index (χ0v) is 14.2. The van der Waals surface area contributed by atoms with Gasteiger partial charge in [0.05, 0.1) is 5.56 Å². The molecule has 0 aliphatic heterocycles. The number of hydrogen-bond donors (Lipinski definition) is 2. The molecule has 0 amide bonds. The minimum absolute atomic E-state index is 0. The van der Waals surface area contributed by atoms with E-state index in [-0.39, 0.29) is 47.7 Å². The van der Waals surface area contributed by atoms with Crippen LogP contribution in [0.2, 0.25) is 0 Å². The Labute approximate surface area is 149 Å². The van der Waals surface area contributed by atoms with Gasteiger partial charge >= 0.3 is 29.6 Å². The van der Waals surface area contributed by atoms with E-state index in [4.69, 9.17) is 4.55 Å². The Hall–Kier alpha value is -1.51. The van der Waals surface area contributed by atoms with Crippen LogP contribution in [0.25, 0.3) is 0 Å². The summed E-state index contributed by atoms with van der Waals surface area (Å²) < 4.78 is 31.4. The predicted molar refractivity (Wildman–Crippen MR) is 72.3 cm³/mol. The van der Waals surface area contributed by atoms with Gasteiger partial charge in [-0.1, -0.05) is 24.3 Å². The molecule has 3 rings (SSSR count). The Balaban J connectivity index is 0.00000132. The summed E-state index contributed by atoms with van der Waals surface area (Å²) in [6, 6.07) is 8.04. The zero-order valence-electron chi connectivity index (χ0n) is 12.4. The molecule has 0 saturated heterocycles. The monoisotopic (exact) mass is 328 g/mol. The molecular weight excluding hydrogens is 319 g/mol. The molecule has 108 valence electrons. The van der Waals surface area contributed by atoms with E-state index in [9.17, 15) is 23.1 Å². The number of benzene rings is 2. The Morgan fingerprint density at radius 2 is 1.41 bits per heavy atom. The van der Waals surface area contributed by atoms with Gasteiger partial charge in [0.1, 0.15) is 10.6 Å². The van der Waals surface area contributed by atoms with Gasteiger partial charge in [0.15, 0.2) is 11.6 Å². The van der Waals surface area contributed by atoms with Gasteiger partial charge in [-0.25, -0.2) is 0 Å². The van der Waals surface area contributed by atoms with Gasteiger partial charge < -0.3 is 6.53 Å². The van der Waals surface area contributed by atoms with Gasteiger partial charge in [0, 0.05) is 16.7 Å². The number of phenolic OH excluding ortho intramolecular Hbond substituents is 1. The largest absolute Gasteiger partial charge is 1.00 e. The van der Waals surface area contributed by atoms with Crippen LogP contribution < -0.4 is 29.6 Å². The minimum atomic E-state index is -4.70. The van der Waals surface area contributed by atoms with Gasteiger partial charge in [-0.2, -0.15) is 8.42 Å². The van der Waals surface area contributed by atoms with E-state index in [0.29, 0.717) is 0 Å². The van der Waals surface area contributed by atoms with Crippen molar-refractivity contribution in [2.24, 2.45) is 0 Å². The van der Waals surface area contributed by atoms with E-state index in [1.165, 1.54) is 12.1 Å². The normalized spacial score (nSPS) is 13.1. The molecule has 0 spiro atoms. The van der Waals surface area contributed by atoms with Crippen LogP contribution >= 0.6 is 0 Å². The second-order valence-electron chi connectivity index (χ2n) is 4.51. The molecular formula is C14H9NaO6S. The summed E-state index contributed by atoms with van der Waals surface area (Å²) >= 11 is 0. The van der Waals surface area contributed by atoms with Crippen LogP contribution in [0.5, 0.6) is 5.75 Å². The molecule has 0 heterocycles. The van der Waals surface area contributed by atoms with Crippen molar-refractivity contribution in [3.63, 3.8) is 0 Å². The molecule has 1 aliphatic carbocycles. The molecule has 0 bridgehead atoms. The molecule has 0 aromatic heterocycles. The Bertz CT molecular complexity index is 923. The smallest absolute Gasteiger partial charge is 1.00 e. The van der Waals surface area contributed by atoms with Crippen molar-refractivity contribution in [1.29, 1.82) is 0 Å². The number of carbonyl (C=O) groups is 2. The molecule has 22 heavy (non-hydrogen) atoms. The Kier molecular flexibility index (Phi) is 4.29. The molecule has 0 unspecified atom stereocenters. The third-order valence-electron chi connectivity index (χ3n) is 3.31. The SMILES string of the molecule is O=C1c2ccccc2C(=O)c2c1ccc(S(=O)(=O)O)c2O.[H-].[Na+]. The van der Waals surface area contributed by atoms with Gasteiger partial charge in [0.25, 0.3) is 10.1 Å². The van der Waals surface area contributed by atoms with Crippen molar-refractivity contribution in [3.8, 4) is 5.75 Å². The van der Waals surface area contributed by atoms with Gasteiger partial charge in [-0.05, 0) is 12.1 Å². The van der Waals surface area contributed by atoms with Crippen molar-refractivity contribution >= 4 is 21.7 Å². The first-order valence-corrected chi connectivity index (χ1v) is 7.28. The minimum Gasteiger partial charge on any atom is -1.00 e. The van der Waals surface area contributed by atoms with Crippen molar-refractivity contribution in [2.75, 3.05) is 0 Å². The van der Waals surface area contributed by atoms with E-state index in [1.807, 2.05) is 0 Å². The zero-order chi connectivity index (χ0) is 15.4. The van der Waals surface area contributed by atoms with Crippen LogP contribution in [0.15, 0.2) is 41.3 Å². The number of rotatable bonds is 1. The molecule has 0 fully saturated rings. The van der Waals surface area contributed by atoms with Crippen LogP contribution in [0.4, 0.5) is 0 Å². The summed E-state index contributed by atoms with van der Waals surface area (Å²) in [5.41, 5.74) is -0.232. The summed E-state index contributed by atoms with van der Waals surface area (Å²) in [5, 5.41) is 9.97. The molecule has 0 saturated carbocycles. The van der Waals surface area contributed by atoms with Gasteiger partial charge in [-0.15, -0.1) is 0 Å². The topological polar surface area (TPSA) is 109 Å². The quantitative estimate of drug-likeness (QED) is 0.417. The van der Waals surface area contributed by atoms with Crippen LogP contribution in [0.3, 0.4) is 0 Å². The average Bonchev–Trinajstić information content (AvgIpc) is 2.43. The number of carbonyl (C=O) groups excluding carboxylic acids is 2. The second-order valence-corrected chi connectivity index (χ2v) is 5.90. The maximum atomic E-state index is 12.4. The summed E-state index contributed by atoms with van der Waals surface area (Å²) in [6.07, 6.45) is 0. The van der Waals surface area contributed by atoms with Crippen LogP contribution in [-0.2, 0) is 10.1 Å². The van der Waals surface area contributed by atoms with E-state index in [0.717, 1.165) is 12.1 Å². The van der Waals surface area contributed by atoms with E-state index in [2.05, 4.69) is 0 Å². The standard InChI is InChI=1S/C14H8O6S.Na.H/c15-12-7-3-1-2-4-8(7)13(16)11-9(12)5-6-10(14(11)17)21(18,19)20;;/h1-6,17H,(H,18,19,20);;/q;+1;-1. The molecule has 8 heteroatoms. The van der Waals surface area contributed by atoms with Crippen molar-refractivity contribution in [2.45, 2.75) is 4.90 Å². The van der Waals surface area contributed by atoms with E-state index >= 15 is 0 Å². The van der Waals surface area contributed by atoms with Crippen molar-refractivity contribution in [3.05, 3.63) is 58.7 Å². The maximum absolute atomic E-state index is 12.4. The fourth-order valence-corrected chi connectivity index (χ4v) is 2.94. The summed E-state index contributed by atoms with van der Waals surface area (Å²) in [7, 11) is -4.70. The second kappa shape index (κ2) is 5.60. The number of phenols is 1. The Morgan fingerprint density at radius 1 is 0.864 bits per heavy atom. The Morgan fingerprint density at radius 3 is 1.95 bits per heavy atom. The number of fused-ring (bicyclic) bond motifs is 2. The molecule has 0 radical (unpaired) electrons. The molecule has 6 nitrogen and oxygen atoms in total. The van der Waals surface area contributed by atoms with Crippen LogP contribution in [0.1, 0.15) is 33.3 Å². The molecule has 0 atom stereocenters. The fraction of sp³-hybridized carbons (Fsp3) is 0. The summed E-state index contributed by atoms with van der Waals surface area (Å²) in [5.74, 6) is -2.07. The predicted octanol–water partition coefficient (Wildman–Crippen LogP) is -1.47. The number of hydrogen-bond acceptors (Lipinski definition) is 5. The fourth-order valence-electron chi connectivity index (χ4n) is 2.36. The van der Waals surface area contributed by atoms with Gasteiger partial charge in [0.2, 0.25) is 0 Å². The van der Waals surface area contributed by atoms with Crippen LogP contribution in [0, 0.1) is 0 Å². The molecule has 2 N–H and O–H groups in total. The van der Waals surface area contributed by atoms with Crippen molar-refractivity contribution in [1.82, 2.24) is 0 Å². The van der Waals surface area contributed by atoms with Crippen molar-refractivity contribution < 1.29 is 58.7 Å². The average molecular weight is 328 g/mol. The van der Waals surface area contributed by atoms with Gasteiger partial charge in [-0.3, -0.25) is 14.1 Å². The first-order chi connectivity index (χ1) is 9.82. The molecule has 2 aromatic rings. The summed E-state index contributed by atoms with van der Waals surface area (Å²) in [4.78, 5) is 23.9. The van der Waals surface area contributed by atoms with Crippen LogP contribution in [-0.4, -0.2) is 29.6 Å².